The normalized spacial score (nSPS) is 11.1. The molecule has 0 bridgehead atoms. The van der Waals surface area contributed by atoms with Crippen molar-refractivity contribution >= 4 is 23.4 Å². The molecule has 2 aromatic heterocycles. The van der Waals surface area contributed by atoms with Gasteiger partial charge in [-0.15, -0.1) is 10.2 Å². The van der Waals surface area contributed by atoms with Crippen molar-refractivity contribution in [1.82, 2.24) is 24.5 Å². The number of nitrogens with one attached hydrogen (secondary N) is 1. The fourth-order valence-electron chi connectivity index (χ4n) is 3.35. The second-order valence-corrected chi connectivity index (χ2v) is 8.37. The van der Waals surface area contributed by atoms with Crippen LogP contribution in [0.4, 0.5) is 14.5 Å². The van der Waals surface area contributed by atoms with Crippen molar-refractivity contribution in [3.05, 3.63) is 65.9 Å². The Bertz CT molecular complexity index is 1300. The van der Waals surface area contributed by atoms with Crippen molar-refractivity contribution in [2.45, 2.75) is 25.5 Å². The number of carbonyl (C=O) groups excluding carboxylic acids is 1. The second kappa shape index (κ2) is 9.53. The Morgan fingerprint density at radius 3 is 2.58 bits per heavy atom. The Labute approximate surface area is 193 Å². The van der Waals surface area contributed by atoms with Crippen molar-refractivity contribution in [2.24, 2.45) is 7.05 Å². The number of thioether (sulfide) groups is 1. The minimum atomic E-state index is -0.371. The van der Waals surface area contributed by atoms with Crippen molar-refractivity contribution in [1.29, 1.82) is 0 Å². The first-order valence-electron chi connectivity index (χ1n) is 10.3. The number of hydrogen-bond donors (Lipinski definition) is 1. The fourth-order valence-corrected chi connectivity index (χ4v) is 4.15. The highest BCUT2D eigenvalue weighted by atomic mass is 32.2. The lowest BCUT2D eigenvalue weighted by Crippen LogP contribution is -2.15. The molecular formula is C23H22F2N6OS. The molecule has 0 aliphatic heterocycles. The van der Waals surface area contributed by atoms with Crippen LogP contribution in [0.3, 0.4) is 0 Å². The van der Waals surface area contributed by atoms with Crippen LogP contribution in [0, 0.1) is 18.6 Å². The Kier molecular flexibility index (Phi) is 6.55. The molecule has 1 amide bonds. The first-order chi connectivity index (χ1) is 15.9. The summed E-state index contributed by atoms with van der Waals surface area (Å²) in [7, 11) is 1.80. The number of rotatable bonds is 7. The average molecular weight is 469 g/mol. The molecule has 33 heavy (non-hydrogen) atoms. The van der Waals surface area contributed by atoms with Gasteiger partial charge < -0.3 is 9.88 Å². The largest absolute Gasteiger partial charge is 0.325 e. The maximum Gasteiger partial charge on any atom is 0.234 e. The van der Waals surface area contributed by atoms with E-state index in [9.17, 15) is 13.6 Å². The lowest BCUT2D eigenvalue weighted by atomic mass is 10.1. The number of amides is 1. The average Bonchev–Trinajstić information content (AvgIpc) is 3.38. The molecule has 2 aromatic carbocycles. The monoisotopic (exact) mass is 468 g/mol. The lowest BCUT2D eigenvalue weighted by molar-refractivity contribution is -0.113. The summed E-state index contributed by atoms with van der Waals surface area (Å²) < 4.78 is 30.7. The molecule has 4 aromatic rings. The molecule has 1 N–H and O–H groups in total. The summed E-state index contributed by atoms with van der Waals surface area (Å²) in [5.74, 6) is -0.273. The topological polar surface area (TPSA) is 77.6 Å². The maximum absolute atomic E-state index is 13.7. The predicted molar refractivity (Wildman–Crippen MR) is 124 cm³/mol. The molecule has 0 radical (unpaired) electrons. The van der Waals surface area contributed by atoms with Gasteiger partial charge in [0.05, 0.1) is 11.3 Å². The van der Waals surface area contributed by atoms with Crippen LogP contribution < -0.4 is 5.32 Å². The van der Waals surface area contributed by atoms with Gasteiger partial charge in [0.1, 0.15) is 17.3 Å². The van der Waals surface area contributed by atoms with E-state index in [0.717, 1.165) is 11.1 Å². The molecule has 0 aliphatic rings. The zero-order valence-corrected chi connectivity index (χ0v) is 19.2. The molecule has 0 atom stereocenters. The third kappa shape index (κ3) is 4.95. The van der Waals surface area contributed by atoms with Gasteiger partial charge in [0, 0.05) is 31.0 Å². The standard InChI is InChI=1S/C23H22F2N6OS/c1-4-31-22(18-12-30(3)29-21(18)15-6-8-16(24)9-7-15)27-28-23(31)33-13-20(32)26-17-10-5-14(2)19(25)11-17/h5-12H,4,13H2,1-3H3,(H,26,32). The van der Waals surface area contributed by atoms with Gasteiger partial charge in [-0.25, -0.2) is 8.78 Å². The lowest BCUT2D eigenvalue weighted by Gasteiger charge is -2.08. The van der Waals surface area contributed by atoms with E-state index in [1.54, 1.807) is 42.9 Å². The summed E-state index contributed by atoms with van der Waals surface area (Å²) in [6, 6.07) is 10.7. The van der Waals surface area contributed by atoms with Gasteiger partial charge in [0.25, 0.3) is 0 Å². The molecule has 0 unspecified atom stereocenters. The van der Waals surface area contributed by atoms with Crippen molar-refractivity contribution in [2.75, 3.05) is 11.1 Å². The smallest absolute Gasteiger partial charge is 0.234 e. The third-order valence-electron chi connectivity index (χ3n) is 5.01. The SMILES string of the molecule is CCn1c(SCC(=O)Nc2ccc(C)c(F)c2)nnc1-c1cn(C)nc1-c1ccc(F)cc1. The number of hydrogen-bond acceptors (Lipinski definition) is 5. The van der Waals surface area contributed by atoms with Crippen molar-refractivity contribution < 1.29 is 13.6 Å². The van der Waals surface area contributed by atoms with E-state index in [1.165, 1.54) is 30.0 Å². The van der Waals surface area contributed by atoms with E-state index < -0.39 is 0 Å². The van der Waals surface area contributed by atoms with Gasteiger partial charge in [-0.3, -0.25) is 9.48 Å². The molecule has 0 fully saturated rings. The summed E-state index contributed by atoms with van der Waals surface area (Å²) in [6.45, 7) is 4.20. The highest BCUT2D eigenvalue weighted by Gasteiger charge is 2.20. The molecule has 0 saturated heterocycles. The van der Waals surface area contributed by atoms with E-state index in [2.05, 4.69) is 20.6 Å². The Morgan fingerprint density at radius 1 is 1.12 bits per heavy atom. The molecular weight excluding hydrogens is 446 g/mol. The number of benzene rings is 2. The van der Waals surface area contributed by atoms with Gasteiger partial charge in [-0.2, -0.15) is 5.10 Å². The Morgan fingerprint density at radius 2 is 1.88 bits per heavy atom. The number of aryl methyl sites for hydroxylation is 2. The van der Waals surface area contributed by atoms with E-state index in [-0.39, 0.29) is 23.3 Å². The van der Waals surface area contributed by atoms with Crippen LogP contribution in [-0.4, -0.2) is 36.2 Å². The molecule has 0 aliphatic carbocycles. The van der Waals surface area contributed by atoms with E-state index in [1.807, 2.05) is 17.7 Å². The second-order valence-electron chi connectivity index (χ2n) is 7.42. The van der Waals surface area contributed by atoms with Gasteiger partial charge in [-0.05, 0) is 55.8 Å². The summed E-state index contributed by atoms with van der Waals surface area (Å²) in [5.41, 5.74) is 3.10. The number of carbonyl (C=O) groups is 1. The third-order valence-corrected chi connectivity index (χ3v) is 5.98. The predicted octanol–water partition coefficient (Wildman–Crippen LogP) is 4.68. The molecule has 7 nitrogen and oxygen atoms in total. The molecule has 170 valence electrons. The fraction of sp³-hybridized carbons (Fsp3) is 0.217. The minimum absolute atomic E-state index is 0.0888. The summed E-state index contributed by atoms with van der Waals surface area (Å²) in [6.07, 6.45) is 1.84. The van der Waals surface area contributed by atoms with Crippen LogP contribution in [0.25, 0.3) is 22.6 Å². The highest BCUT2D eigenvalue weighted by Crippen LogP contribution is 2.32. The number of anilines is 1. The van der Waals surface area contributed by atoms with E-state index in [4.69, 9.17) is 0 Å². The quantitative estimate of drug-likeness (QED) is 0.399. The van der Waals surface area contributed by atoms with Crippen LogP contribution in [-0.2, 0) is 18.4 Å². The van der Waals surface area contributed by atoms with Crippen molar-refractivity contribution in [3.8, 4) is 22.6 Å². The molecule has 0 saturated carbocycles. The van der Waals surface area contributed by atoms with Gasteiger partial charge in [0.15, 0.2) is 11.0 Å². The van der Waals surface area contributed by atoms with E-state index in [0.29, 0.717) is 34.5 Å². The van der Waals surface area contributed by atoms with Crippen molar-refractivity contribution in [3.63, 3.8) is 0 Å². The zero-order valence-electron chi connectivity index (χ0n) is 18.3. The van der Waals surface area contributed by atoms with Crippen LogP contribution in [0.15, 0.2) is 53.8 Å². The Hall–Kier alpha value is -3.53. The first kappa shape index (κ1) is 22.7. The number of aromatic nitrogens is 5. The summed E-state index contributed by atoms with van der Waals surface area (Å²) in [4.78, 5) is 12.4. The summed E-state index contributed by atoms with van der Waals surface area (Å²) >= 11 is 1.24. The highest BCUT2D eigenvalue weighted by molar-refractivity contribution is 7.99. The first-order valence-corrected chi connectivity index (χ1v) is 11.3. The Balaban J connectivity index is 1.54. The van der Waals surface area contributed by atoms with Crippen LogP contribution in [0.5, 0.6) is 0 Å². The molecule has 4 rings (SSSR count). The summed E-state index contributed by atoms with van der Waals surface area (Å²) in [5, 5.41) is 16.4. The number of halogens is 2. The van der Waals surface area contributed by atoms with E-state index >= 15 is 0 Å². The van der Waals surface area contributed by atoms with Crippen LogP contribution >= 0.6 is 11.8 Å². The maximum atomic E-state index is 13.7. The zero-order chi connectivity index (χ0) is 23.5. The van der Waals surface area contributed by atoms with Gasteiger partial charge in [-0.1, -0.05) is 17.8 Å². The molecule has 10 heteroatoms. The van der Waals surface area contributed by atoms with Crippen LogP contribution in [0.2, 0.25) is 0 Å². The minimum Gasteiger partial charge on any atom is -0.325 e. The van der Waals surface area contributed by atoms with Gasteiger partial charge in [0.2, 0.25) is 5.91 Å². The van der Waals surface area contributed by atoms with Gasteiger partial charge >= 0.3 is 0 Å². The number of nitrogens with zero attached hydrogens (tertiary/aromatic N) is 5. The molecule has 0 spiro atoms. The molecule has 2 heterocycles. The van der Waals surface area contributed by atoms with Crippen LogP contribution in [0.1, 0.15) is 12.5 Å².